The molecule has 0 aliphatic carbocycles. The lowest BCUT2D eigenvalue weighted by Crippen LogP contribution is -2.52. The molecule has 0 bridgehead atoms. The summed E-state index contributed by atoms with van der Waals surface area (Å²) in [5.41, 5.74) is 1.97. The number of hydrogen-bond donors (Lipinski definition) is 1. The molecule has 1 amide bonds. The van der Waals surface area contributed by atoms with Crippen molar-refractivity contribution in [3.63, 3.8) is 0 Å². The summed E-state index contributed by atoms with van der Waals surface area (Å²) in [6, 6.07) is 15.7. The van der Waals surface area contributed by atoms with Gasteiger partial charge in [-0.1, -0.05) is 18.2 Å². The van der Waals surface area contributed by atoms with E-state index in [-0.39, 0.29) is 18.7 Å². The summed E-state index contributed by atoms with van der Waals surface area (Å²) in [5.74, 6) is 1.39. The number of anilines is 2. The molecule has 4 rings (SSSR count). The Morgan fingerprint density at radius 3 is 2.50 bits per heavy atom. The highest BCUT2D eigenvalue weighted by Gasteiger charge is 2.26. The molecule has 0 unspecified atom stereocenters. The van der Waals surface area contributed by atoms with E-state index >= 15 is 0 Å². The van der Waals surface area contributed by atoms with Gasteiger partial charge in [0, 0.05) is 43.6 Å². The van der Waals surface area contributed by atoms with Crippen LogP contribution in [0.2, 0.25) is 0 Å². The molecular weight excluding hydrogens is 330 g/mol. The lowest BCUT2D eigenvalue weighted by molar-refractivity contribution is -0.120. The number of rotatable bonds is 4. The highest BCUT2D eigenvalue weighted by Crippen LogP contribution is 2.34. The molecule has 0 spiro atoms. The van der Waals surface area contributed by atoms with Crippen LogP contribution in [0.5, 0.6) is 11.5 Å². The van der Waals surface area contributed by atoms with Gasteiger partial charge in [0.1, 0.15) is 0 Å². The lowest BCUT2D eigenvalue weighted by Gasteiger charge is -2.38. The molecule has 136 valence electrons. The number of ether oxygens (including phenoxy) is 2. The van der Waals surface area contributed by atoms with Crippen LogP contribution in [0.25, 0.3) is 0 Å². The number of piperazine rings is 1. The van der Waals surface area contributed by atoms with Crippen LogP contribution in [-0.2, 0) is 4.79 Å². The third kappa shape index (κ3) is 3.46. The molecule has 6 nitrogen and oxygen atoms in total. The number of nitrogens with one attached hydrogen (secondary N) is 1. The van der Waals surface area contributed by atoms with Gasteiger partial charge in [-0.25, -0.2) is 0 Å². The van der Waals surface area contributed by atoms with E-state index in [0.29, 0.717) is 11.5 Å². The minimum absolute atomic E-state index is 0.00275. The summed E-state index contributed by atoms with van der Waals surface area (Å²) in [4.78, 5) is 17.2. The largest absolute Gasteiger partial charge is 0.454 e. The number of carbonyl (C=O) groups excluding carboxylic acids is 1. The van der Waals surface area contributed by atoms with Crippen LogP contribution in [0.4, 0.5) is 11.4 Å². The van der Waals surface area contributed by atoms with Crippen molar-refractivity contribution in [2.24, 2.45) is 0 Å². The molecule has 6 heteroatoms. The Morgan fingerprint density at radius 1 is 1.00 bits per heavy atom. The van der Waals surface area contributed by atoms with Crippen LogP contribution >= 0.6 is 0 Å². The average molecular weight is 353 g/mol. The van der Waals surface area contributed by atoms with Gasteiger partial charge in [-0.05, 0) is 31.2 Å². The van der Waals surface area contributed by atoms with E-state index in [9.17, 15) is 4.79 Å². The van der Waals surface area contributed by atoms with Gasteiger partial charge in [0.05, 0.1) is 6.04 Å². The van der Waals surface area contributed by atoms with Gasteiger partial charge in [0.2, 0.25) is 12.7 Å². The Bertz CT molecular complexity index is 773. The predicted octanol–water partition coefficient (Wildman–Crippen LogP) is 2.56. The predicted molar refractivity (Wildman–Crippen MR) is 101 cm³/mol. The number of fused-ring (bicyclic) bond motifs is 1. The summed E-state index contributed by atoms with van der Waals surface area (Å²) >= 11 is 0. The molecular formula is C20H23N3O3. The molecule has 2 aromatic rings. The van der Waals surface area contributed by atoms with Crippen LogP contribution in [-0.4, -0.2) is 49.8 Å². The van der Waals surface area contributed by atoms with Gasteiger partial charge in [-0.3, -0.25) is 9.69 Å². The maximum absolute atomic E-state index is 12.6. The van der Waals surface area contributed by atoms with Crippen molar-refractivity contribution in [3.05, 3.63) is 48.5 Å². The standard InChI is InChI=1S/C20H23N3O3/c1-15(20(24)21-16-7-8-18-19(13-16)26-14-25-18)22-9-11-23(12-10-22)17-5-3-2-4-6-17/h2-8,13,15H,9-12,14H2,1H3,(H,21,24)/t15-/m0/s1. The van der Waals surface area contributed by atoms with Crippen molar-refractivity contribution in [3.8, 4) is 11.5 Å². The van der Waals surface area contributed by atoms with Crippen LogP contribution < -0.4 is 19.7 Å². The third-order valence-corrected chi connectivity index (χ3v) is 5.00. The van der Waals surface area contributed by atoms with Crippen LogP contribution in [0.1, 0.15) is 6.92 Å². The van der Waals surface area contributed by atoms with Crippen molar-refractivity contribution in [1.82, 2.24) is 4.90 Å². The second-order valence-electron chi connectivity index (χ2n) is 6.59. The summed E-state index contributed by atoms with van der Waals surface area (Å²) in [5, 5.41) is 2.98. The first kappa shape index (κ1) is 16.7. The topological polar surface area (TPSA) is 54.0 Å². The van der Waals surface area contributed by atoms with Crippen molar-refractivity contribution in [2.45, 2.75) is 13.0 Å². The van der Waals surface area contributed by atoms with Crippen molar-refractivity contribution in [2.75, 3.05) is 43.2 Å². The molecule has 2 aliphatic heterocycles. The maximum atomic E-state index is 12.6. The zero-order valence-electron chi connectivity index (χ0n) is 14.9. The first-order valence-electron chi connectivity index (χ1n) is 8.95. The zero-order valence-corrected chi connectivity index (χ0v) is 14.9. The average Bonchev–Trinajstić information content (AvgIpc) is 3.16. The number of hydrogen-bond acceptors (Lipinski definition) is 5. The fourth-order valence-corrected chi connectivity index (χ4v) is 3.39. The maximum Gasteiger partial charge on any atom is 0.241 e. The quantitative estimate of drug-likeness (QED) is 0.916. The Hall–Kier alpha value is -2.73. The fourth-order valence-electron chi connectivity index (χ4n) is 3.39. The molecule has 0 saturated carbocycles. The summed E-state index contributed by atoms with van der Waals surface area (Å²) in [6.45, 7) is 5.77. The van der Waals surface area contributed by atoms with Crippen LogP contribution in [0.15, 0.2) is 48.5 Å². The van der Waals surface area contributed by atoms with Gasteiger partial charge >= 0.3 is 0 Å². The Balaban J connectivity index is 1.33. The van der Waals surface area contributed by atoms with Gasteiger partial charge in [0.25, 0.3) is 0 Å². The molecule has 1 N–H and O–H groups in total. The van der Waals surface area contributed by atoms with Crippen LogP contribution in [0.3, 0.4) is 0 Å². The van der Waals surface area contributed by atoms with Crippen LogP contribution in [0, 0.1) is 0 Å². The zero-order chi connectivity index (χ0) is 17.9. The van der Waals surface area contributed by atoms with Gasteiger partial charge < -0.3 is 19.7 Å². The number of nitrogens with zero attached hydrogens (tertiary/aromatic N) is 2. The Kier molecular flexibility index (Phi) is 4.67. The van der Waals surface area contributed by atoms with E-state index in [1.807, 2.05) is 25.1 Å². The van der Waals surface area contributed by atoms with Gasteiger partial charge in [-0.2, -0.15) is 0 Å². The molecule has 2 aromatic carbocycles. The highest BCUT2D eigenvalue weighted by molar-refractivity contribution is 5.94. The van der Waals surface area contributed by atoms with Crippen molar-refractivity contribution < 1.29 is 14.3 Å². The summed E-state index contributed by atoms with van der Waals surface area (Å²) in [6.07, 6.45) is 0. The van der Waals surface area contributed by atoms with E-state index in [1.165, 1.54) is 5.69 Å². The van der Waals surface area contributed by atoms with Crippen molar-refractivity contribution in [1.29, 1.82) is 0 Å². The normalized spacial score (nSPS) is 17.8. The molecule has 0 radical (unpaired) electrons. The monoisotopic (exact) mass is 353 g/mol. The molecule has 1 fully saturated rings. The van der Waals surface area contributed by atoms with E-state index in [0.717, 1.165) is 31.9 Å². The molecule has 2 heterocycles. The Morgan fingerprint density at radius 2 is 1.73 bits per heavy atom. The Labute approximate surface area is 153 Å². The lowest BCUT2D eigenvalue weighted by atomic mass is 10.2. The molecule has 26 heavy (non-hydrogen) atoms. The third-order valence-electron chi connectivity index (χ3n) is 5.00. The highest BCUT2D eigenvalue weighted by atomic mass is 16.7. The second kappa shape index (κ2) is 7.25. The SMILES string of the molecule is C[C@@H](C(=O)Nc1ccc2c(c1)OCO2)N1CCN(c2ccccc2)CC1. The van der Waals surface area contributed by atoms with Crippen molar-refractivity contribution >= 4 is 17.3 Å². The first-order chi connectivity index (χ1) is 12.7. The van der Waals surface area contributed by atoms with E-state index in [2.05, 4.69) is 39.4 Å². The summed E-state index contributed by atoms with van der Waals surface area (Å²) < 4.78 is 10.7. The van der Waals surface area contributed by atoms with E-state index in [4.69, 9.17) is 9.47 Å². The molecule has 1 saturated heterocycles. The molecule has 2 aliphatic rings. The first-order valence-corrected chi connectivity index (χ1v) is 8.95. The molecule has 1 atom stereocenters. The minimum Gasteiger partial charge on any atom is -0.454 e. The molecule has 0 aromatic heterocycles. The number of amides is 1. The van der Waals surface area contributed by atoms with Gasteiger partial charge in [-0.15, -0.1) is 0 Å². The fraction of sp³-hybridized carbons (Fsp3) is 0.350. The smallest absolute Gasteiger partial charge is 0.241 e. The number of para-hydroxylation sites is 1. The van der Waals surface area contributed by atoms with E-state index < -0.39 is 0 Å². The van der Waals surface area contributed by atoms with E-state index in [1.54, 1.807) is 6.07 Å². The van der Waals surface area contributed by atoms with Gasteiger partial charge in [0.15, 0.2) is 11.5 Å². The number of carbonyl (C=O) groups is 1. The minimum atomic E-state index is -0.182. The second-order valence-corrected chi connectivity index (χ2v) is 6.59. The number of benzene rings is 2. The summed E-state index contributed by atoms with van der Waals surface area (Å²) in [7, 11) is 0.